The lowest BCUT2D eigenvalue weighted by Gasteiger charge is -2.09. The summed E-state index contributed by atoms with van der Waals surface area (Å²) < 4.78 is 0. The summed E-state index contributed by atoms with van der Waals surface area (Å²) in [6.45, 7) is 6.24. The van der Waals surface area contributed by atoms with Gasteiger partial charge in [0, 0.05) is 12.5 Å². The molecule has 0 aliphatic carbocycles. The molecular formula is C12H23NO. The highest BCUT2D eigenvalue weighted by atomic mass is 16.1. The molecule has 0 rings (SSSR count). The van der Waals surface area contributed by atoms with Crippen molar-refractivity contribution in [3.05, 3.63) is 12.2 Å². The van der Waals surface area contributed by atoms with Crippen molar-refractivity contribution < 1.29 is 4.79 Å². The lowest BCUT2D eigenvalue weighted by atomic mass is 10.1. The highest BCUT2D eigenvalue weighted by Gasteiger charge is 1.96. The minimum atomic E-state index is 0.224. The van der Waals surface area contributed by atoms with E-state index in [1.165, 1.54) is 0 Å². The van der Waals surface area contributed by atoms with Crippen molar-refractivity contribution in [2.45, 2.75) is 33.1 Å². The molecule has 0 fully saturated rings. The van der Waals surface area contributed by atoms with E-state index in [1.807, 2.05) is 6.92 Å². The van der Waals surface area contributed by atoms with E-state index in [2.05, 4.69) is 31.0 Å². The Kier molecular flexibility index (Phi) is 8.54. The van der Waals surface area contributed by atoms with E-state index in [0.29, 0.717) is 0 Å². The molecule has 82 valence electrons. The van der Waals surface area contributed by atoms with Crippen molar-refractivity contribution in [3.8, 4) is 0 Å². The topological polar surface area (TPSA) is 20.3 Å². The van der Waals surface area contributed by atoms with Gasteiger partial charge in [0.1, 0.15) is 6.29 Å². The molecule has 0 saturated heterocycles. The zero-order valence-electron chi connectivity index (χ0n) is 9.70. The van der Waals surface area contributed by atoms with E-state index >= 15 is 0 Å². The van der Waals surface area contributed by atoms with E-state index in [-0.39, 0.29) is 5.92 Å². The Balaban J connectivity index is 3.31. The normalized spacial score (nSPS) is 13.7. The fourth-order valence-corrected chi connectivity index (χ4v) is 1.13. The maximum absolute atomic E-state index is 10.3. The first-order chi connectivity index (χ1) is 6.70. The van der Waals surface area contributed by atoms with Crippen LogP contribution in [0.15, 0.2) is 12.2 Å². The number of aldehydes is 1. The molecule has 0 aliphatic heterocycles. The van der Waals surface area contributed by atoms with Gasteiger partial charge in [-0.05, 0) is 32.9 Å². The Morgan fingerprint density at radius 2 is 2.07 bits per heavy atom. The highest BCUT2D eigenvalue weighted by molar-refractivity contribution is 5.52. The van der Waals surface area contributed by atoms with E-state index < -0.39 is 0 Å². The molecule has 0 saturated carbocycles. The third-order valence-electron chi connectivity index (χ3n) is 2.39. The van der Waals surface area contributed by atoms with E-state index in [1.54, 1.807) is 0 Å². The second-order valence-electron chi connectivity index (χ2n) is 3.87. The molecule has 0 bridgehead atoms. The Hall–Kier alpha value is -0.630. The first kappa shape index (κ1) is 13.4. The van der Waals surface area contributed by atoms with E-state index in [9.17, 15) is 4.79 Å². The SMILES string of the molecule is CCN(C)CC=CCCCC(C)C=O. The second kappa shape index (κ2) is 8.95. The van der Waals surface area contributed by atoms with Gasteiger partial charge in [-0.1, -0.05) is 26.0 Å². The Labute approximate surface area is 88.0 Å². The first-order valence-corrected chi connectivity index (χ1v) is 5.49. The van der Waals surface area contributed by atoms with Crippen LogP contribution in [0.25, 0.3) is 0 Å². The molecule has 0 aromatic heterocycles. The summed E-state index contributed by atoms with van der Waals surface area (Å²) in [6, 6.07) is 0. The molecule has 2 heteroatoms. The summed E-state index contributed by atoms with van der Waals surface area (Å²) >= 11 is 0. The number of nitrogens with zero attached hydrogens (tertiary/aromatic N) is 1. The molecule has 0 amide bonds. The summed E-state index contributed by atoms with van der Waals surface area (Å²) in [4.78, 5) is 12.6. The number of carbonyl (C=O) groups is 1. The Bertz CT molecular complexity index is 166. The van der Waals surface area contributed by atoms with Crippen LogP contribution >= 0.6 is 0 Å². The molecule has 0 N–H and O–H groups in total. The van der Waals surface area contributed by atoms with Gasteiger partial charge in [0.05, 0.1) is 0 Å². The summed E-state index contributed by atoms with van der Waals surface area (Å²) in [5.74, 6) is 0.224. The number of carbonyl (C=O) groups excluding carboxylic acids is 1. The number of hydrogen-bond acceptors (Lipinski definition) is 2. The first-order valence-electron chi connectivity index (χ1n) is 5.49. The zero-order chi connectivity index (χ0) is 10.8. The summed E-state index contributed by atoms with van der Waals surface area (Å²) in [6.07, 6.45) is 8.67. The molecule has 0 aromatic rings. The van der Waals surface area contributed by atoms with Crippen molar-refractivity contribution in [1.82, 2.24) is 4.90 Å². The van der Waals surface area contributed by atoms with Crippen LogP contribution in [0.5, 0.6) is 0 Å². The predicted octanol–water partition coefficient (Wildman–Crippen LogP) is 2.50. The molecule has 0 radical (unpaired) electrons. The van der Waals surface area contributed by atoms with Gasteiger partial charge in [-0.25, -0.2) is 0 Å². The maximum atomic E-state index is 10.3. The van der Waals surface area contributed by atoms with Crippen LogP contribution in [0.2, 0.25) is 0 Å². The third kappa shape index (κ3) is 7.99. The molecule has 1 unspecified atom stereocenters. The number of rotatable bonds is 8. The van der Waals surface area contributed by atoms with E-state index in [0.717, 1.165) is 38.6 Å². The summed E-state index contributed by atoms with van der Waals surface area (Å²) in [5.41, 5.74) is 0. The van der Waals surface area contributed by atoms with Crippen molar-refractivity contribution in [3.63, 3.8) is 0 Å². The molecule has 0 aromatic carbocycles. The Morgan fingerprint density at radius 1 is 1.36 bits per heavy atom. The van der Waals surface area contributed by atoms with Crippen molar-refractivity contribution >= 4 is 6.29 Å². The van der Waals surface area contributed by atoms with Gasteiger partial charge in [0.15, 0.2) is 0 Å². The van der Waals surface area contributed by atoms with Crippen molar-refractivity contribution in [1.29, 1.82) is 0 Å². The van der Waals surface area contributed by atoms with Gasteiger partial charge >= 0.3 is 0 Å². The maximum Gasteiger partial charge on any atom is 0.122 e. The van der Waals surface area contributed by atoms with Gasteiger partial charge in [0.2, 0.25) is 0 Å². The van der Waals surface area contributed by atoms with Crippen molar-refractivity contribution in [2.24, 2.45) is 5.92 Å². The second-order valence-corrected chi connectivity index (χ2v) is 3.87. The molecule has 0 spiro atoms. The third-order valence-corrected chi connectivity index (χ3v) is 2.39. The molecule has 14 heavy (non-hydrogen) atoms. The summed E-state index contributed by atoms with van der Waals surface area (Å²) in [7, 11) is 2.11. The average Bonchev–Trinajstić information content (AvgIpc) is 2.22. The van der Waals surface area contributed by atoms with Crippen LogP contribution in [0.1, 0.15) is 33.1 Å². The number of unbranched alkanes of at least 4 members (excludes halogenated alkanes) is 1. The quantitative estimate of drug-likeness (QED) is 0.338. The monoisotopic (exact) mass is 197 g/mol. The highest BCUT2D eigenvalue weighted by Crippen LogP contribution is 2.05. The van der Waals surface area contributed by atoms with Crippen LogP contribution in [0, 0.1) is 5.92 Å². The molecule has 0 heterocycles. The predicted molar refractivity (Wildman–Crippen MR) is 61.4 cm³/mol. The number of likely N-dealkylation sites (N-methyl/N-ethyl adjacent to an activating group) is 1. The van der Waals surface area contributed by atoms with Gasteiger partial charge in [0.25, 0.3) is 0 Å². The largest absolute Gasteiger partial charge is 0.303 e. The number of allylic oxidation sites excluding steroid dienone is 1. The lowest BCUT2D eigenvalue weighted by Crippen LogP contribution is -2.16. The minimum absolute atomic E-state index is 0.224. The molecule has 2 nitrogen and oxygen atoms in total. The van der Waals surface area contributed by atoms with Crippen LogP contribution in [0.3, 0.4) is 0 Å². The Morgan fingerprint density at radius 3 is 2.64 bits per heavy atom. The van der Waals surface area contributed by atoms with Crippen LogP contribution in [0.4, 0.5) is 0 Å². The van der Waals surface area contributed by atoms with Gasteiger partial charge in [-0.3, -0.25) is 0 Å². The zero-order valence-corrected chi connectivity index (χ0v) is 9.70. The van der Waals surface area contributed by atoms with Gasteiger partial charge in [-0.2, -0.15) is 0 Å². The molecule has 1 atom stereocenters. The average molecular weight is 197 g/mol. The fourth-order valence-electron chi connectivity index (χ4n) is 1.13. The van der Waals surface area contributed by atoms with E-state index in [4.69, 9.17) is 0 Å². The minimum Gasteiger partial charge on any atom is -0.303 e. The number of hydrogen-bond donors (Lipinski definition) is 0. The van der Waals surface area contributed by atoms with Crippen LogP contribution < -0.4 is 0 Å². The van der Waals surface area contributed by atoms with Gasteiger partial charge in [-0.15, -0.1) is 0 Å². The lowest BCUT2D eigenvalue weighted by molar-refractivity contribution is -0.110. The van der Waals surface area contributed by atoms with Crippen LogP contribution in [-0.4, -0.2) is 31.3 Å². The van der Waals surface area contributed by atoms with Gasteiger partial charge < -0.3 is 9.69 Å². The smallest absolute Gasteiger partial charge is 0.122 e. The standard InChI is InChI=1S/C12H23NO/c1-4-13(3)10-8-6-5-7-9-12(2)11-14/h6,8,11-12H,4-5,7,9-10H2,1-3H3. The molecular weight excluding hydrogens is 174 g/mol. The van der Waals surface area contributed by atoms with Crippen molar-refractivity contribution in [2.75, 3.05) is 20.1 Å². The molecule has 0 aliphatic rings. The summed E-state index contributed by atoms with van der Waals surface area (Å²) in [5, 5.41) is 0. The van der Waals surface area contributed by atoms with Crippen LogP contribution in [-0.2, 0) is 4.79 Å². The fraction of sp³-hybridized carbons (Fsp3) is 0.750.